The van der Waals surface area contributed by atoms with Crippen molar-refractivity contribution in [3.8, 4) is 11.3 Å². The van der Waals surface area contributed by atoms with E-state index >= 15 is 0 Å². The fraction of sp³-hybridized carbons (Fsp3) is 0.438. The Labute approximate surface area is 120 Å². The second-order valence-corrected chi connectivity index (χ2v) is 5.96. The molecule has 0 radical (unpaired) electrons. The number of rotatable bonds is 4. The van der Waals surface area contributed by atoms with Crippen LogP contribution in [-0.2, 0) is 21.8 Å². The molecular weight excluding hydrogens is 252 g/mol. The summed E-state index contributed by atoms with van der Waals surface area (Å²) < 4.78 is 0. The Balaban J connectivity index is 2.43. The van der Waals surface area contributed by atoms with Gasteiger partial charge in [-0.1, -0.05) is 50.6 Å². The van der Waals surface area contributed by atoms with Crippen LogP contribution in [0.5, 0.6) is 0 Å². The Kier molecular flexibility index (Phi) is 4.26. The number of nitrogens with zero attached hydrogens (tertiary/aromatic N) is 1. The lowest BCUT2D eigenvalue weighted by molar-refractivity contribution is -0.282. The van der Waals surface area contributed by atoms with E-state index in [0.29, 0.717) is 6.61 Å². The number of hydrogen-bond donors (Lipinski definition) is 1. The van der Waals surface area contributed by atoms with Gasteiger partial charge in [0.1, 0.15) is 12.4 Å². The molecule has 1 aromatic carbocycles. The molecule has 2 aromatic rings. The van der Waals surface area contributed by atoms with Crippen LogP contribution in [0.4, 0.5) is 0 Å². The maximum absolute atomic E-state index is 5.06. The topological polar surface area (TPSA) is 47.1 Å². The Morgan fingerprint density at radius 2 is 1.80 bits per heavy atom. The highest BCUT2D eigenvalue weighted by atomic mass is 17.2. The summed E-state index contributed by atoms with van der Waals surface area (Å²) >= 11 is 0. The van der Waals surface area contributed by atoms with Gasteiger partial charge in [0.05, 0.1) is 18.5 Å². The van der Waals surface area contributed by atoms with Crippen LogP contribution in [-0.4, -0.2) is 17.1 Å². The van der Waals surface area contributed by atoms with Crippen LogP contribution in [0.15, 0.2) is 24.3 Å². The van der Waals surface area contributed by atoms with Gasteiger partial charge < -0.3 is 4.98 Å². The Hall–Kier alpha value is -1.65. The highest BCUT2D eigenvalue weighted by Gasteiger charge is 2.21. The molecule has 4 heteroatoms. The van der Waals surface area contributed by atoms with Crippen molar-refractivity contribution in [3.05, 3.63) is 41.3 Å². The fourth-order valence-electron chi connectivity index (χ4n) is 1.94. The molecule has 0 spiro atoms. The number of nitrogens with one attached hydrogen (secondary N) is 1. The minimum atomic E-state index is -0.0369. The third kappa shape index (κ3) is 3.26. The average Bonchev–Trinajstić information content (AvgIpc) is 2.81. The second kappa shape index (κ2) is 5.77. The molecule has 2 rings (SSSR count). The zero-order valence-electron chi connectivity index (χ0n) is 12.8. The molecule has 0 saturated carbocycles. The van der Waals surface area contributed by atoms with E-state index in [2.05, 4.69) is 56.9 Å². The molecule has 0 aliphatic carbocycles. The monoisotopic (exact) mass is 274 g/mol. The van der Waals surface area contributed by atoms with Gasteiger partial charge in [0.15, 0.2) is 0 Å². The van der Waals surface area contributed by atoms with E-state index in [9.17, 15) is 0 Å². The first-order valence-electron chi connectivity index (χ1n) is 6.74. The minimum absolute atomic E-state index is 0.0369. The summed E-state index contributed by atoms with van der Waals surface area (Å²) in [4.78, 5) is 17.9. The van der Waals surface area contributed by atoms with E-state index in [1.165, 1.54) is 12.7 Å². The molecule has 0 aliphatic rings. The molecule has 1 N–H and O–H groups in total. The number of hydrogen-bond acceptors (Lipinski definition) is 3. The maximum atomic E-state index is 5.06. The smallest absolute Gasteiger partial charge is 0.124 e. The molecule has 108 valence electrons. The molecule has 1 heterocycles. The molecule has 1 aromatic heterocycles. The van der Waals surface area contributed by atoms with Crippen molar-refractivity contribution in [2.75, 3.05) is 7.11 Å². The number of benzene rings is 1. The molecule has 0 atom stereocenters. The van der Waals surface area contributed by atoms with E-state index < -0.39 is 0 Å². The lowest BCUT2D eigenvalue weighted by Crippen LogP contribution is -2.13. The van der Waals surface area contributed by atoms with Crippen LogP contribution in [0.2, 0.25) is 0 Å². The number of aryl methyl sites for hydroxylation is 1. The highest BCUT2D eigenvalue weighted by Crippen LogP contribution is 2.27. The normalized spacial score (nSPS) is 11.8. The first kappa shape index (κ1) is 14.8. The molecule has 0 amide bonds. The van der Waals surface area contributed by atoms with Gasteiger partial charge in [-0.3, -0.25) is 0 Å². The lowest BCUT2D eigenvalue weighted by Gasteiger charge is -2.14. The quantitative estimate of drug-likeness (QED) is 0.682. The van der Waals surface area contributed by atoms with Gasteiger partial charge in [0, 0.05) is 11.0 Å². The molecular formula is C16H22N2O2. The first-order chi connectivity index (χ1) is 9.41. The summed E-state index contributed by atoms with van der Waals surface area (Å²) in [5.74, 6) is 0.947. The molecule has 0 fully saturated rings. The van der Waals surface area contributed by atoms with E-state index in [1.807, 2.05) is 0 Å². The van der Waals surface area contributed by atoms with Crippen LogP contribution in [0.3, 0.4) is 0 Å². The summed E-state index contributed by atoms with van der Waals surface area (Å²) in [6.07, 6.45) is 0. The summed E-state index contributed by atoms with van der Waals surface area (Å²) in [5, 5.41) is 0. The minimum Gasteiger partial charge on any atom is -0.343 e. The van der Waals surface area contributed by atoms with Crippen molar-refractivity contribution >= 4 is 0 Å². The zero-order valence-corrected chi connectivity index (χ0v) is 12.8. The van der Waals surface area contributed by atoms with E-state index in [-0.39, 0.29) is 5.41 Å². The molecule has 0 saturated heterocycles. The standard InChI is InChI=1S/C16H22N2O2/c1-11-6-8-12(9-7-11)14-13(10-20-19-5)17-15(18-14)16(2,3)4/h6-9H,10H2,1-5H3,(H,17,18). The summed E-state index contributed by atoms with van der Waals surface area (Å²) in [6.45, 7) is 8.82. The van der Waals surface area contributed by atoms with Gasteiger partial charge in [-0.15, -0.1) is 0 Å². The molecule has 20 heavy (non-hydrogen) atoms. The predicted octanol–water partition coefficient (Wildman–Crippen LogP) is 3.76. The van der Waals surface area contributed by atoms with E-state index in [1.54, 1.807) is 0 Å². The number of aromatic amines is 1. The van der Waals surface area contributed by atoms with Crippen molar-refractivity contribution in [2.24, 2.45) is 0 Å². The lowest BCUT2D eigenvalue weighted by atomic mass is 9.96. The van der Waals surface area contributed by atoms with Gasteiger partial charge in [-0.2, -0.15) is 0 Å². The average molecular weight is 274 g/mol. The van der Waals surface area contributed by atoms with Gasteiger partial charge in [0.25, 0.3) is 0 Å². The van der Waals surface area contributed by atoms with Crippen molar-refractivity contribution in [2.45, 2.75) is 39.7 Å². The SMILES string of the molecule is COOCc1[nH]c(C(C)(C)C)nc1-c1ccc(C)cc1. The van der Waals surface area contributed by atoms with Gasteiger partial charge >= 0.3 is 0 Å². The van der Waals surface area contributed by atoms with Crippen molar-refractivity contribution in [1.29, 1.82) is 0 Å². The number of aromatic nitrogens is 2. The van der Waals surface area contributed by atoms with Crippen molar-refractivity contribution in [3.63, 3.8) is 0 Å². The second-order valence-electron chi connectivity index (χ2n) is 5.96. The van der Waals surface area contributed by atoms with Crippen LogP contribution >= 0.6 is 0 Å². The van der Waals surface area contributed by atoms with Crippen molar-refractivity contribution in [1.82, 2.24) is 9.97 Å². The van der Waals surface area contributed by atoms with Gasteiger partial charge in [-0.25, -0.2) is 14.8 Å². The van der Waals surface area contributed by atoms with Crippen LogP contribution in [0, 0.1) is 6.92 Å². The third-order valence-corrected chi connectivity index (χ3v) is 3.14. The maximum Gasteiger partial charge on any atom is 0.124 e. The first-order valence-corrected chi connectivity index (χ1v) is 6.74. The third-order valence-electron chi connectivity index (χ3n) is 3.14. The Morgan fingerprint density at radius 1 is 1.15 bits per heavy atom. The van der Waals surface area contributed by atoms with Crippen LogP contribution in [0.1, 0.15) is 37.9 Å². The van der Waals surface area contributed by atoms with Crippen LogP contribution in [0.25, 0.3) is 11.3 Å². The molecule has 0 aliphatic heterocycles. The summed E-state index contributed by atoms with van der Waals surface area (Å²) in [7, 11) is 1.51. The highest BCUT2D eigenvalue weighted by molar-refractivity contribution is 5.62. The Morgan fingerprint density at radius 3 is 2.35 bits per heavy atom. The molecule has 0 bridgehead atoms. The summed E-state index contributed by atoms with van der Waals surface area (Å²) in [5.41, 5.74) is 4.13. The fourth-order valence-corrected chi connectivity index (χ4v) is 1.94. The number of H-pyrrole nitrogens is 1. The summed E-state index contributed by atoms with van der Waals surface area (Å²) in [6, 6.07) is 8.33. The number of imidazole rings is 1. The largest absolute Gasteiger partial charge is 0.343 e. The van der Waals surface area contributed by atoms with Crippen molar-refractivity contribution < 1.29 is 9.78 Å². The van der Waals surface area contributed by atoms with E-state index in [4.69, 9.17) is 14.8 Å². The van der Waals surface area contributed by atoms with Gasteiger partial charge in [-0.05, 0) is 6.92 Å². The van der Waals surface area contributed by atoms with E-state index in [0.717, 1.165) is 22.8 Å². The van der Waals surface area contributed by atoms with Crippen LogP contribution < -0.4 is 0 Å². The zero-order chi connectivity index (χ0) is 14.8. The van der Waals surface area contributed by atoms with Gasteiger partial charge in [0.2, 0.25) is 0 Å². The molecule has 4 nitrogen and oxygen atoms in total. The predicted molar refractivity (Wildman–Crippen MR) is 79.3 cm³/mol. The Bertz CT molecular complexity index is 565. The molecule has 0 unspecified atom stereocenters.